The maximum Gasteiger partial charge on any atom is 0.347 e. The van der Waals surface area contributed by atoms with Gasteiger partial charge >= 0.3 is 5.69 Å². The number of aromatic nitrogens is 2. The minimum Gasteiger partial charge on any atom is -0.295 e. The van der Waals surface area contributed by atoms with Crippen molar-refractivity contribution in [1.29, 1.82) is 0 Å². The number of halogens is 2. The summed E-state index contributed by atoms with van der Waals surface area (Å²) in [5.74, 6) is -1.66. The van der Waals surface area contributed by atoms with Gasteiger partial charge in [0.2, 0.25) is 0 Å². The molecule has 0 radical (unpaired) electrons. The quantitative estimate of drug-likeness (QED) is 0.641. The van der Waals surface area contributed by atoms with Crippen molar-refractivity contribution in [1.82, 2.24) is 9.55 Å². The standard InChI is InChI=1S/C19H15F2N3O3S/c1-2-9-24-12-14(11-22-19(24)25)13-3-6-16(7-4-13)28(26,27)23-18-10-15(20)5-8-17(18)21/h2-8,10-12,23H,1,9H2. The maximum absolute atomic E-state index is 13.7. The second-order valence-electron chi connectivity index (χ2n) is 5.82. The van der Waals surface area contributed by atoms with E-state index < -0.39 is 33.0 Å². The molecule has 0 atom stereocenters. The Morgan fingerprint density at radius 2 is 1.82 bits per heavy atom. The van der Waals surface area contributed by atoms with E-state index in [4.69, 9.17) is 0 Å². The number of nitrogens with one attached hydrogen (secondary N) is 1. The number of rotatable bonds is 6. The van der Waals surface area contributed by atoms with E-state index in [0.29, 0.717) is 11.1 Å². The Morgan fingerprint density at radius 1 is 1.11 bits per heavy atom. The van der Waals surface area contributed by atoms with Crippen LogP contribution in [-0.2, 0) is 16.6 Å². The first-order valence-electron chi connectivity index (χ1n) is 8.06. The van der Waals surface area contributed by atoms with E-state index in [9.17, 15) is 22.0 Å². The first kappa shape index (κ1) is 19.4. The fourth-order valence-electron chi connectivity index (χ4n) is 2.48. The van der Waals surface area contributed by atoms with Gasteiger partial charge in [0.05, 0.1) is 10.6 Å². The Bertz CT molecular complexity index is 1190. The minimum atomic E-state index is -4.12. The highest BCUT2D eigenvalue weighted by atomic mass is 32.2. The molecule has 0 fully saturated rings. The van der Waals surface area contributed by atoms with Crippen molar-refractivity contribution in [2.75, 3.05) is 4.72 Å². The number of nitrogens with zero attached hydrogens (tertiary/aromatic N) is 2. The molecule has 0 aliphatic carbocycles. The van der Waals surface area contributed by atoms with Crippen molar-refractivity contribution in [2.24, 2.45) is 0 Å². The van der Waals surface area contributed by atoms with Crippen LogP contribution < -0.4 is 10.4 Å². The molecule has 0 spiro atoms. The summed E-state index contributed by atoms with van der Waals surface area (Å²) in [4.78, 5) is 15.3. The summed E-state index contributed by atoms with van der Waals surface area (Å²) < 4.78 is 55.2. The first-order chi connectivity index (χ1) is 13.3. The van der Waals surface area contributed by atoms with Crippen molar-refractivity contribution in [3.63, 3.8) is 0 Å². The van der Waals surface area contributed by atoms with Gasteiger partial charge in [-0.3, -0.25) is 9.29 Å². The zero-order chi connectivity index (χ0) is 20.3. The second kappa shape index (κ2) is 7.73. The lowest BCUT2D eigenvalue weighted by Gasteiger charge is -2.10. The first-order valence-corrected chi connectivity index (χ1v) is 9.54. The SMILES string of the molecule is C=CCn1cc(-c2ccc(S(=O)(=O)Nc3cc(F)ccc3F)cc2)cnc1=O. The predicted molar refractivity (Wildman–Crippen MR) is 101 cm³/mol. The van der Waals surface area contributed by atoms with Crippen LogP contribution in [0, 0.1) is 11.6 Å². The molecule has 3 aromatic rings. The predicted octanol–water partition coefficient (Wildman–Crippen LogP) is 3.18. The Balaban J connectivity index is 1.89. The number of hydrogen-bond donors (Lipinski definition) is 1. The van der Waals surface area contributed by atoms with Crippen LogP contribution in [0.15, 0.2) is 77.2 Å². The molecule has 0 aliphatic heterocycles. The van der Waals surface area contributed by atoms with Gasteiger partial charge in [0.25, 0.3) is 10.0 Å². The summed E-state index contributed by atoms with van der Waals surface area (Å²) in [6, 6.07) is 8.17. The molecule has 28 heavy (non-hydrogen) atoms. The average Bonchev–Trinajstić information content (AvgIpc) is 2.66. The van der Waals surface area contributed by atoms with Crippen LogP contribution in [0.3, 0.4) is 0 Å². The summed E-state index contributed by atoms with van der Waals surface area (Å²) in [5.41, 5.74) is 0.324. The number of sulfonamides is 1. The lowest BCUT2D eigenvalue weighted by molar-refractivity contribution is 0.594. The number of hydrogen-bond acceptors (Lipinski definition) is 4. The van der Waals surface area contributed by atoms with Crippen LogP contribution in [0.1, 0.15) is 0 Å². The summed E-state index contributed by atoms with van der Waals surface area (Å²) in [6.45, 7) is 3.86. The molecule has 0 unspecified atom stereocenters. The summed E-state index contributed by atoms with van der Waals surface area (Å²) >= 11 is 0. The molecule has 3 rings (SSSR count). The van der Waals surface area contributed by atoms with Crippen LogP contribution in [-0.4, -0.2) is 18.0 Å². The van der Waals surface area contributed by atoms with Gasteiger partial charge in [0, 0.05) is 30.6 Å². The van der Waals surface area contributed by atoms with Crippen molar-refractivity contribution in [3.8, 4) is 11.1 Å². The Kier molecular flexibility index (Phi) is 5.36. The fraction of sp³-hybridized carbons (Fsp3) is 0.0526. The van der Waals surface area contributed by atoms with E-state index in [-0.39, 0.29) is 11.4 Å². The van der Waals surface area contributed by atoms with Gasteiger partial charge in [0.15, 0.2) is 0 Å². The van der Waals surface area contributed by atoms with Crippen molar-refractivity contribution >= 4 is 15.7 Å². The molecule has 0 amide bonds. The van der Waals surface area contributed by atoms with E-state index >= 15 is 0 Å². The summed E-state index contributed by atoms with van der Waals surface area (Å²) in [6.07, 6.45) is 4.52. The average molecular weight is 403 g/mol. The maximum atomic E-state index is 13.7. The zero-order valence-corrected chi connectivity index (χ0v) is 15.3. The van der Waals surface area contributed by atoms with Gasteiger partial charge in [-0.25, -0.2) is 27.0 Å². The van der Waals surface area contributed by atoms with Gasteiger partial charge in [0.1, 0.15) is 11.6 Å². The second-order valence-corrected chi connectivity index (χ2v) is 7.50. The largest absolute Gasteiger partial charge is 0.347 e. The van der Waals surface area contributed by atoms with Gasteiger partial charge < -0.3 is 0 Å². The van der Waals surface area contributed by atoms with Crippen LogP contribution in [0.4, 0.5) is 14.5 Å². The van der Waals surface area contributed by atoms with E-state index in [2.05, 4.69) is 11.6 Å². The molecule has 0 saturated heterocycles. The molecule has 1 aromatic heterocycles. The summed E-state index contributed by atoms with van der Waals surface area (Å²) in [7, 11) is -4.12. The highest BCUT2D eigenvalue weighted by Gasteiger charge is 2.17. The van der Waals surface area contributed by atoms with E-state index in [1.54, 1.807) is 12.3 Å². The molecule has 144 valence electrons. The summed E-state index contributed by atoms with van der Waals surface area (Å²) in [5, 5.41) is 0. The van der Waals surface area contributed by atoms with Gasteiger partial charge in [-0.05, 0) is 29.8 Å². The Hall–Kier alpha value is -3.33. The topological polar surface area (TPSA) is 81.1 Å². The Labute approximate surface area is 159 Å². The smallest absolute Gasteiger partial charge is 0.295 e. The van der Waals surface area contributed by atoms with Gasteiger partial charge in [-0.15, -0.1) is 6.58 Å². The van der Waals surface area contributed by atoms with Gasteiger partial charge in [-0.2, -0.15) is 0 Å². The van der Waals surface area contributed by atoms with E-state index in [1.807, 2.05) is 4.72 Å². The molecule has 1 N–H and O–H groups in total. The molecule has 2 aromatic carbocycles. The normalized spacial score (nSPS) is 11.2. The van der Waals surface area contributed by atoms with E-state index in [0.717, 1.165) is 18.2 Å². The molecule has 6 nitrogen and oxygen atoms in total. The molecule has 9 heteroatoms. The van der Waals surface area contributed by atoms with Crippen molar-refractivity contribution in [2.45, 2.75) is 11.4 Å². The van der Waals surface area contributed by atoms with Crippen LogP contribution in [0.2, 0.25) is 0 Å². The van der Waals surface area contributed by atoms with Crippen LogP contribution in [0.5, 0.6) is 0 Å². The molecular formula is C19H15F2N3O3S. The number of anilines is 1. The third kappa shape index (κ3) is 4.15. The lowest BCUT2D eigenvalue weighted by atomic mass is 10.1. The van der Waals surface area contributed by atoms with Crippen molar-refractivity contribution < 1.29 is 17.2 Å². The monoisotopic (exact) mass is 403 g/mol. The third-order valence-corrected chi connectivity index (χ3v) is 5.23. The number of allylic oxidation sites excluding steroid dienone is 1. The van der Waals surface area contributed by atoms with E-state index in [1.165, 1.54) is 35.0 Å². The highest BCUT2D eigenvalue weighted by Crippen LogP contribution is 2.23. The van der Waals surface area contributed by atoms with Crippen molar-refractivity contribution in [3.05, 3.63) is 89.6 Å². The minimum absolute atomic E-state index is 0.132. The molecule has 0 saturated carbocycles. The van der Waals surface area contributed by atoms with Gasteiger partial charge in [-0.1, -0.05) is 18.2 Å². The Morgan fingerprint density at radius 3 is 2.50 bits per heavy atom. The lowest BCUT2D eigenvalue weighted by Crippen LogP contribution is -2.21. The zero-order valence-electron chi connectivity index (χ0n) is 14.5. The molecule has 0 aliphatic rings. The highest BCUT2D eigenvalue weighted by molar-refractivity contribution is 7.92. The molecular weight excluding hydrogens is 388 g/mol. The fourth-order valence-corrected chi connectivity index (χ4v) is 3.54. The van der Waals surface area contributed by atoms with Crippen LogP contribution >= 0.6 is 0 Å². The molecule has 1 heterocycles. The third-order valence-electron chi connectivity index (χ3n) is 3.85. The number of benzene rings is 2. The van der Waals surface area contributed by atoms with Crippen LogP contribution in [0.25, 0.3) is 11.1 Å². The molecule has 0 bridgehead atoms.